The van der Waals surface area contributed by atoms with E-state index in [1.165, 1.54) is 0 Å². The van der Waals surface area contributed by atoms with Gasteiger partial charge in [-0.2, -0.15) is 5.26 Å². The summed E-state index contributed by atoms with van der Waals surface area (Å²) in [5.41, 5.74) is 1.46. The first-order valence-corrected chi connectivity index (χ1v) is 6.62. The third-order valence-electron chi connectivity index (χ3n) is 3.79. The van der Waals surface area contributed by atoms with E-state index in [0.29, 0.717) is 18.2 Å². The molecule has 0 aromatic heterocycles. The monoisotopic (exact) mass is 260 g/mol. The van der Waals surface area contributed by atoms with Crippen molar-refractivity contribution in [3.8, 4) is 6.07 Å². The minimum atomic E-state index is -0.537. The van der Waals surface area contributed by atoms with Gasteiger partial charge in [0.25, 0.3) is 0 Å². The Kier molecular flexibility index (Phi) is 4.54. The molecule has 102 valence electrons. The number of benzene rings is 1. The van der Waals surface area contributed by atoms with Crippen molar-refractivity contribution in [3.63, 3.8) is 0 Å². The first kappa shape index (κ1) is 14.0. The SMILES string of the molecule is CC1OCCC1N(C)CC(O)c1ccc(C#N)cc1. The summed E-state index contributed by atoms with van der Waals surface area (Å²) in [5, 5.41) is 19.0. The minimum absolute atomic E-state index is 0.221. The molecule has 0 amide bonds. The zero-order valence-electron chi connectivity index (χ0n) is 11.4. The summed E-state index contributed by atoms with van der Waals surface area (Å²) in [4.78, 5) is 2.15. The lowest BCUT2D eigenvalue weighted by Crippen LogP contribution is -2.39. The number of rotatable bonds is 4. The molecule has 0 aliphatic carbocycles. The van der Waals surface area contributed by atoms with Crippen molar-refractivity contribution in [2.75, 3.05) is 20.2 Å². The van der Waals surface area contributed by atoms with Gasteiger partial charge in [-0.05, 0) is 38.1 Å². The van der Waals surface area contributed by atoms with Crippen LogP contribution in [0.2, 0.25) is 0 Å². The Balaban J connectivity index is 1.96. The molecule has 4 heteroatoms. The van der Waals surface area contributed by atoms with Gasteiger partial charge >= 0.3 is 0 Å². The van der Waals surface area contributed by atoms with Crippen LogP contribution in [-0.4, -0.2) is 42.4 Å². The fourth-order valence-electron chi connectivity index (χ4n) is 2.59. The summed E-state index contributed by atoms with van der Waals surface area (Å²) < 4.78 is 5.54. The maximum absolute atomic E-state index is 10.2. The van der Waals surface area contributed by atoms with E-state index >= 15 is 0 Å². The molecule has 1 aliphatic heterocycles. The van der Waals surface area contributed by atoms with Crippen molar-refractivity contribution in [1.29, 1.82) is 5.26 Å². The number of aliphatic hydroxyl groups excluding tert-OH is 1. The Hall–Kier alpha value is -1.41. The molecular formula is C15H20N2O2. The average Bonchev–Trinajstić information content (AvgIpc) is 2.85. The molecule has 1 N–H and O–H groups in total. The van der Waals surface area contributed by atoms with Crippen molar-refractivity contribution in [2.24, 2.45) is 0 Å². The van der Waals surface area contributed by atoms with Gasteiger partial charge < -0.3 is 9.84 Å². The fraction of sp³-hybridized carbons (Fsp3) is 0.533. The normalized spacial score (nSPS) is 24.4. The molecule has 0 saturated carbocycles. The summed E-state index contributed by atoms with van der Waals surface area (Å²) >= 11 is 0. The molecule has 1 aromatic carbocycles. The summed E-state index contributed by atoms with van der Waals surface area (Å²) in [6.45, 7) is 3.44. The van der Waals surface area contributed by atoms with Gasteiger partial charge in [0.05, 0.1) is 23.8 Å². The van der Waals surface area contributed by atoms with E-state index < -0.39 is 6.10 Å². The van der Waals surface area contributed by atoms with Gasteiger partial charge in [-0.1, -0.05) is 12.1 Å². The number of nitriles is 1. The van der Waals surface area contributed by atoms with Crippen LogP contribution in [0.4, 0.5) is 0 Å². The fourth-order valence-corrected chi connectivity index (χ4v) is 2.59. The van der Waals surface area contributed by atoms with Crippen LogP contribution >= 0.6 is 0 Å². The van der Waals surface area contributed by atoms with Gasteiger partial charge in [0, 0.05) is 19.2 Å². The van der Waals surface area contributed by atoms with E-state index in [2.05, 4.69) is 17.9 Å². The summed E-state index contributed by atoms with van der Waals surface area (Å²) in [7, 11) is 2.02. The predicted molar refractivity (Wildman–Crippen MR) is 72.6 cm³/mol. The highest BCUT2D eigenvalue weighted by atomic mass is 16.5. The maximum Gasteiger partial charge on any atom is 0.0991 e. The van der Waals surface area contributed by atoms with Crippen LogP contribution in [0.3, 0.4) is 0 Å². The van der Waals surface area contributed by atoms with Gasteiger partial charge in [-0.25, -0.2) is 0 Å². The second-order valence-electron chi connectivity index (χ2n) is 5.12. The highest BCUT2D eigenvalue weighted by Gasteiger charge is 2.28. The summed E-state index contributed by atoms with van der Waals surface area (Å²) in [5.74, 6) is 0. The number of nitrogens with zero attached hydrogens (tertiary/aromatic N) is 2. The Morgan fingerprint density at radius 2 is 2.16 bits per heavy atom. The van der Waals surface area contributed by atoms with Crippen molar-refractivity contribution in [2.45, 2.75) is 31.6 Å². The summed E-state index contributed by atoms with van der Waals surface area (Å²) in [6, 6.07) is 9.54. The van der Waals surface area contributed by atoms with Crippen LogP contribution in [0.25, 0.3) is 0 Å². The van der Waals surface area contributed by atoms with Crippen LogP contribution in [0.1, 0.15) is 30.6 Å². The van der Waals surface area contributed by atoms with Crippen molar-refractivity contribution in [3.05, 3.63) is 35.4 Å². The molecule has 0 radical (unpaired) electrons. The third-order valence-corrected chi connectivity index (χ3v) is 3.79. The molecule has 1 heterocycles. The Bertz CT molecular complexity index is 452. The molecule has 3 unspecified atom stereocenters. The first-order valence-electron chi connectivity index (χ1n) is 6.62. The maximum atomic E-state index is 10.2. The lowest BCUT2D eigenvalue weighted by molar-refractivity contribution is 0.0579. The Morgan fingerprint density at radius 3 is 2.68 bits per heavy atom. The lowest BCUT2D eigenvalue weighted by atomic mass is 10.1. The molecule has 1 aliphatic rings. The van der Waals surface area contributed by atoms with Crippen LogP contribution in [-0.2, 0) is 4.74 Å². The van der Waals surface area contributed by atoms with Gasteiger partial charge in [0.1, 0.15) is 0 Å². The molecule has 19 heavy (non-hydrogen) atoms. The van der Waals surface area contributed by atoms with Crippen molar-refractivity contribution >= 4 is 0 Å². The first-order chi connectivity index (χ1) is 9.11. The largest absolute Gasteiger partial charge is 0.387 e. The van der Waals surface area contributed by atoms with Crippen LogP contribution in [0.15, 0.2) is 24.3 Å². The van der Waals surface area contributed by atoms with Crippen LogP contribution in [0, 0.1) is 11.3 Å². The third kappa shape index (κ3) is 3.32. The second kappa shape index (κ2) is 6.16. The number of hydrogen-bond acceptors (Lipinski definition) is 4. The number of aliphatic hydroxyl groups is 1. The number of hydrogen-bond donors (Lipinski definition) is 1. The van der Waals surface area contributed by atoms with Gasteiger partial charge in [0.15, 0.2) is 0 Å². The standard InChI is InChI=1S/C15H20N2O2/c1-11-14(7-8-19-11)17(2)10-15(18)13-5-3-12(9-16)4-6-13/h3-6,11,14-15,18H,7-8,10H2,1-2H3. The van der Waals surface area contributed by atoms with Crippen LogP contribution < -0.4 is 0 Å². The zero-order chi connectivity index (χ0) is 13.8. The smallest absolute Gasteiger partial charge is 0.0991 e. The zero-order valence-corrected chi connectivity index (χ0v) is 11.4. The van der Waals surface area contributed by atoms with Gasteiger partial charge in [0.2, 0.25) is 0 Å². The Labute approximate surface area is 114 Å². The van der Waals surface area contributed by atoms with E-state index in [9.17, 15) is 5.11 Å². The molecule has 1 fully saturated rings. The molecule has 1 saturated heterocycles. The Morgan fingerprint density at radius 1 is 1.47 bits per heavy atom. The van der Waals surface area contributed by atoms with E-state index in [0.717, 1.165) is 18.6 Å². The predicted octanol–water partition coefficient (Wildman–Crippen LogP) is 1.70. The molecule has 1 aromatic rings. The van der Waals surface area contributed by atoms with Gasteiger partial charge in [-0.3, -0.25) is 4.90 Å². The topological polar surface area (TPSA) is 56.5 Å². The quantitative estimate of drug-likeness (QED) is 0.895. The summed E-state index contributed by atoms with van der Waals surface area (Å²) in [6.07, 6.45) is 0.696. The van der Waals surface area contributed by atoms with E-state index in [1.54, 1.807) is 12.1 Å². The van der Waals surface area contributed by atoms with Crippen molar-refractivity contribution < 1.29 is 9.84 Å². The van der Waals surface area contributed by atoms with Crippen LogP contribution in [0.5, 0.6) is 0 Å². The lowest BCUT2D eigenvalue weighted by Gasteiger charge is -2.28. The highest BCUT2D eigenvalue weighted by Crippen LogP contribution is 2.21. The van der Waals surface area contributed by atoms with E-state index in [-0.39, 0.29) is 6.10 Å². The average molecular weight is 260 g/mol. The molecule has 3 atom stereocenters. The second-order valence-corrected chi connectivity index (χ2v) is 5.12. The molecule has 0 spiro atoms. The minimum Gasteiger partial charge on any atom is -0.387 e. The number of ether oxygens (including phenoxy) is 1. The molecule has 4 nitrogen and oxygen atoms in total. The van der Waals surface area contributed by atoms with E-state index in [4.69, 9.17) is 10.00 Å². The molecule has 2 rings (SSSR count). The van der Waals surface area contributed by atoms with E-state index in [1.807, 2.05) is 19.2 Å². The molecular weight excluding hydrogens is 240 g/mol. The number of likely N-dealkylation sites (N-methyl/N-ethyl adjacent to an activating group) is 1. The van der Waals surface area contributed by atoms with Crippen molar-refractivity contribution in [1.82, 2.24) is 4.90 Å². The highest BCUT2D eigenvalue weighted by molar-refractivity contribution is 5.32. The molecule has 0 bridgehead atoms. The van der Waals surface area contributed by atoms with Gasteiger partial charge in [-0.15, -0.1) is 0 Å².